The van der Waals surface area contributed by atoms with Crippen LogP contribution in [0.3, 0.4) is 0 Å². The molecule has 120 valence electrons. The molecule has 0 unspecified atom stereocenters. The zero-order valence-electron chi connectivity index (χ0n) is 12.0. The number of allylic oxidation sites excluding steroid dienone is 2. The van der Waals surface area contributed by atoms with Crippen LogP contribution in [0.15, 0.2) is 28.9 Å². The summed E-state index contributed by atoms with van der Waals surface area (Å²) in [5.41, 5.74) is 4.79. The highest BCUT2D eigenvalue weighted by Crippen LogP contribution is 2.29. The number of hydrogen-bond acceptors (Lipinski definition) is 7. The van der Waals surface area contributed by atoms with E-state index in [0.29, 0.717) is 0 Å². The second-order valence-corrected chi connectivity index (χ2v) is 5.46. The Bertz CT molecular complexity index is 629. The van der Waals surface area contributed by atoms with Gasteiger partial charge in [0.15, 0.2) is 6.23 Å². The molecule has 0 bridgehead atoms. The lowest BCUT2D eigenvalue weighted by molar-refractivity contribution is -0.0598. The predicted octanol–water partition coefficient (Wildman–Crippen LogP) is -0.471. The predicted molar refractivity (Wildman–Crippen MR) is 76.7 cm³/mol. The quantitative estimate of drug-likeness (QED) is 0.687. The standard InChI is InChI=1S/C14H19N3O5/c15-10-5-6-17(14(20)16-10)13-12(19)11(18)9(22-13)7-21-8-3-1-2-4-8/h3,5-6,9,11-13,18-19H,1-2,4,7H2,(H2,15,16,20)/t9-,11-,12-,13-/m1/s1. The average molecular weight is 309 g/mol. The van der Waals surface area contributed by atoms with Crippen LogP contribution >= 0.6 is 0 Å². The number of nitrogens with two attached hydrogens (primary N) is 1. The molecule has 2 heterocycles. The molecule has 4 atom stereocenters. The van der Waals surface area contributed by atoms with Gasteiger partial charge in [-0.25, -0.2) is 4.79 Å². The maximum atomic E-state index is 11.8. The molecule has 2 aliphatic rings. The van der Waals surface area contributed by atoms with Gasteiger partial charge in [-0.1, -0.05) is 0 Å². The van der Waals surface area contributed by atoms with E-state index in [2.05, 4.69) is 4.98 Å². The summed E-state index contributed by atoms with van der Waals surface area (Å²) in [6.45, 7) is 0.123. The van der Waals surface area contributed by atoms with Crippen LogP contribution in [0.2, 0.25) is 0 Å². The van der Waals surface area contributed by atoms with E-state index in [4.69, 9.17) is 15.2 Å². The number of nitrogen functional groups attached to an aromatic ring is 1. The van der Waals surface area contributed by atoms with Crippen molar-refractivity contribution in [1.29, 1.82) is 0 Å². The van der Waals surface area contributed by atoms with Crippen LogP contribution < -0.4 is 11.4 Å². The van der Waals surface area contributed by atoms with Gasteiger partial charge in [0, 0.05) is 12.6 Å². The van der Waals surface area contributed by atoms with Crippen molar-refractivity contribution in [3.05, 3.63) is 34.6 Å². The first kappa shape index (κ1) is 15.0. The van der Waals surface area contributed by atoms with Gasteiger partial charge in [-0.05, 0) is 25.0 Å². The Labute approximate surface area is 126 Å². The van der Waals surface area contributed by atoms with Crippen LogP contribution in [-0.4, -0.2) is 44.7 Å². The molecular formula is C14H19N3O5. The van der Waals surface area contributed by atoms with Crippen LogP contribution in [0.4, 0.5) is 5.82 Å². The van der Waals surface area contributed by atoms with Crippen LogP contribution in [-0.2, 0) is 9.47 Å². The van der Waals surface area contributed by atoms with Gasteiger partial charge in [0.25, 0.3) is 0 Å². The number of nitrogens with zero attached hydrogens (tertiary/aromatic N) is 2. The van der Waals surface area contributed by atoms with E-state index in [1.807, 2.05) is 6.08 Å². The van der Waals surface area contributed by atoms with Crippen LogP contribution in [0, 0.1) is 0 Å². The fraction of sp³-hybridized carbons (Fsp3) is 0.571. The molecule has 4 N–H and O–H groups in total. The number of rotatable bonds is 4. The van der Waals surface area contributed by atoms with Gasteiger partial charge in [0.1, 0.15) is 30.7 Å². The fourth-order valence-corrected chi connectivity index (χ4v) is 2.68. The zero-order valence-corrected chi connectivity index (χ0v) is 12.0. The summed E-state index contributed by atoms with van der Waals surface area (Å²) in [6, 6.07) is 1.43. The van der Waals surface area contributed by atoms with E-state index in [-0.39, 0.29) is 12.4 Å². The summed E-state index contributed by atoms with van der Waals surface area (Å²) in [6.07, 6.45) is 2.19. The minimum absolute atomic E-state index is 0.0855. The Morgan fingerprint density at radius 2 is 2.27 bits per heavy atom. The third kappa shape index (κ3) is 2.85. The van der Waals surface area contributed by atoms with Crippen molar-refractivity contribution in [1.82, 2.24) is 9.55 Å². The topological polar surface area (TPSA) is 120 Å². The fourth-order valence-electron chi connectivity index (χ4n) is 2.68. The molecule has 1 aromatic heterocycles. The highest BCUT2D eigenvalue weighted by atomic mass is 16.6. The van der Waals surface area contributed by atoms with Gasteiger partial charge in [-0.15, -0.1) is 0 Å². The third-order valence-electron chi connectivity index (χ3n) is 3.90. The third-order valence-corrected chi connectivity index (χ3v) is 3.90. The summed E-state index contributed by atoms with van der Waals surface area (Å²) >= 11 is 0. The number of aliphatic hydroxyl groups is 2. The molecule has 1 fully saturated rings. The van der Waals surface area contributed by atoms with E-state index >= 15 is 0 Å². The number of hydrogen-bond donors (Lipinski definition) is 3. The molecule has 1 aliphatic carbocycles. The first-order chi connectivity index (χ1) is 10.6. The minimum Gasteiger partial charge on any atom is -0.495 e. The summed E-state index contributed by atoms with van der Waals surface area (Å²) in [7, 11) is 0. The first-order valence-corrected chi connectivity index (χ1v) is 7.24. The Hall–Kier alpha value is -1.90. The molecule has 3 rings (SSSR count). The van der Waals surface area contributed by atoms with Crippen molar-refractivity contribution in [2.75, 3.05) is 12.3 Å². The van der Waals surface area contributed by atoms with E-state index in [9.17, 15) is 15.0 Å². The van der Waals surface area contributed by atoms with Gasteiger partial charge >= 0.3 is 5.69 Å². The smallest absolute Gasteiger partial charge is 0.351 e. The SMILES string of the molecule is Nc1ccn([C@@H]2O[C@H](COC3=CCCC3)[C@@H](O)[C@H]2O)c(=O)n1. The van der Waals surface area contributed by atoms with E-state index in [0.717, 1.165) is 29.6 Å². The van der Waals surface area contributed by atoms with Crippen molar-refractivity contribution in [2.24, 2.45) is 0 Å². The highest BCUT2D eigenvalue weighted by Gasteiger charge is 2.44. The summed E-state index contributed by atoms with van der Waals surface area (Å²) in [4.78, 5) is 15.4. The summed E-state index contributed by atoms with van der Waals surface area (Å²) in [5, 5.41) is 20.2. The molecule has 0 aromatic carbocycles. The van der Waals surface area contributed by atoms with Gasteiger partial charge in [-0.3, -0.25) is 4.57 Å². The van der Waals surface area contributed by atoms with Crippen molar-refractivity contribution in [2.45, 2.75) is 43.8 Å². The molecular weight excluding hydrogens is 290 g/mol. The van der Waals surface area contributed by atoms with Crippen molar-refractivity contribution >= 4 is 5.82 Å². The molecule has 0 spiro atoms. The zero-order chi connectivity index (χ0) is 15.7. The van der Waals surface area contributed by atoms with Crippen molar-refractivity contribution in [3.63, 3.8) is 0 Å². The lowest BCUT2D eigenvalue weighted by atomic mass is 10.1. The largest absolute Gasteiger partial charge is 0.495 e. The number of anilines is 1. The molecule has 0 saturated carbocycles. The number of aromatic nitrogens is 2. The average Bonchev–Trinajstić information content (AvgIpc) is 3.08. The molecule has 0 amide bonds. The molecule has 1 aliphatic heterocycles. The van der Waals surface area contributed by atoms with Crippen LogP contribution in [0.1, 0.15) is 25.5 Å². The molecule has 22 heavy (non-hydrogen) atoms. The maximum Gasteiger partial charge on any atom is 0.351 e. The van der Waals surface area contributed by atoms with E-state index in [1.54, 1.807) is 0 Å². The molecule has 8 heteroatoms. The van der Waals surface area contributed by atoms with Crippen molar-refractivity contribution < 1.29 is 19.7 Å². The van der Waals surface area contributed by atoms with Gasteiger partial charge in [0.2, 0.25) is 0 Å². The Kier molecular flexibility index (Phi) is 4.14. The summed E-state index contributed by atoms with van der Waals surface area (Å²) in [5.74, 6) is 0.961. The molecule has 1 saturated heterocycles. The number of ether oxygens (including phenoxy) is 2. The second-order valence-electron chi connectivity index (χ2n) is 5.46. The Morgan fingerprint density at radius 3 is 2.95 bits per heavy atom. The van der Waals surface area contributed by atoms with Crippen molar-refractivity contribution in [3.8, 4) is 0 Å². The highest BCUT2D eigenvalue weighted by molar-refractivity contribution is 5.23. The summed E-state index contributed by atoms with van der Waals surface area (Å²) < 4.78 is 12.3. The second kappa shape index (κ2) is 6.07. The first-order valence-electron chi connectivity index (χ1n) is 7.24. The molecule has 1 aromatic rings. The Balaban J connectivity index is 1.70. The van der Waals surface area contributed by atoms with E-state index < -0.39 is 30.2 Å². The van der Waals surface area contributed by atoms with Gasteiger partial charge in [-0.2, -0.15) is 4.98 Å². The van der Waals surface area contributed by atoms with Crippen LogP contribution in [0.25, 0.3) is 0 Å². The van der Waals surface area contributed by atoms with Gasteiger partial charge in [0.05, 0.1) is 5.76 Å². The number of aliphatic hydroxyl groups excluding tert-OH is 2. The lowest BCUT2D eigenvalue weighted by Gasteiger charge is -2.17. The minimum atomic E-state index is -1.24. The normalized spacial score (nSPS) is 31.3. The molecule has 0 radical (unpaired) electrons. The maximum absolute atomic E-state index is 11.8. The van der Waals surface area contributed by atoms with Gasteiger partial charge < -0.3 is 25.4 Å². The van der Waals surface area contributed by atoms with Crippen LogP contribution in [0.5, 0.6) is 0 Å². The molecule has 8 nitrogen and oxygen atoms in total. The van der Waals surface area contributed by atoms with E-state index in [1.165, 1.54) is 12.3 Å². The monoisotopic (exact) mass is 309 g/mol. The lowest BCUT2D eigenvalue weighted by Crippen LogP contribution is -2.36. The Morgan fingerprint density at radius 1 is 1.45 bits per heavy atom.